The highest BCUT2D eigenvalue weighted by Gasteiger charge is 2.33. The number of halogens is 1. The van der Waals surface area contributed by atoms with Gasteiger partial charge in [-0.1, -0.05) is 27.6 Å². The van der Waals surface area contributed by atoms with Gasteiger partial charge >= 0.3 is 0 Å². The van der Waals surface area contributed by atoms with E-state index in [1.54, 1.807) is 24.3 Å². The molecule has 1 aliphatic heterocycles. The fourth-order valence-corrected chi connectivity index (χ4v) is 5.54. The van der Waals surface area contributed by atoms with E-state index < -0.39 is 10.0 Å². The minimum atomic E-state index is -3.56. The standard InChI is InChI=1S/C20H27BrN2O3S/c21-18-8-10-19(11-9-18)27(25,26)23-14-4-7-17(15-23)20(24)22-13-12-16-5-2-1-3-6-16/h5,8-11,17H,1-4,6-7,12-15H2,(H,22,24)/t17-/m1/s1. The number of sulfonamides is 1. The first-order valence-corrected chi connectivity index (χ1v) is 11.9. The van der Waals surface area contributed by atoms with Crippen LogP contribution >= 0.6 is 15.9 Å². The van der Waals surface area contributed by atoms with Crippen molar-refractivity contribution >= 4 is 31.9 Å². The summed E-state index contributed by atoms with van der Waals surface area (Å²) < 4.78 is 28.0. The van der Waals surface area contributed by atoms with Crippen LogP contribution in [0.25, 0.3) is 0 Å². The molecule has 1 aromatic rings. The van der Waals surface area contributed by atoms with Gasteiger partial charge in [-0.3, -0.25) is 4.79 Å². The zero-order valence-electron chi connectivity index (χ0n) is 15.5. The van der Waals surface area contributed by atoms with Gasteiger partial charge in [0.2, 0.25) is 15.9 Å². The van der Waals surface area contributed by atoms with Gasteiger partial charge in [-0.2, -0.15) is 4.31 Å². The van der Waals surface area contributed by atoms with Crippen LogP contribution in [-0.2, 0) is 14.8 Å². The van der Waals surface area contributed by atoms with E-state index in [1.807, 2.05) is 0 Å². The molecule has 1 saturated heterocycles. The zero-order chi connectivity index (χ0) is 19.3. The van der Waals surface area contributed by atoms with Crippen LogP contribution in [-0.4, -0.2) is 38.3 Å². The minimum absolute atomic E-state index is 0.0258. The number of nitrogens with zero attached hydrogens (tertiary/aromatic N) is 1. The highest BCUT2D eigenvalue weighted by Crippen LogP contribution is 2.25. The highest BCUT2D eigenvalue weighted by molar-refractivity contribution is 9.10. The lowest BCUT2D eigenvalue weighted by atomic mass is 9.96. The lowest BCUT2D eigenvalue weighted by Gasteiger charge is -2.31. The van der Waals surface area contributed by atoms with Crippen molar-refractivity contribution in [2.24, 2.45) is 5.92 Å². The normalized spacial score (nSPS) is 21.5. The molecule has 27 heavy (non-hydrogen) atoms. The van der Waals surface area contributed by atoms with Crippen molar-refractivity contribution in [2.45, 2.75) is 49.8 Å². The average Bonchev–Trinajstić information content (AvgIpc) is 2.69. The summed E-state index contributed by atoms with van der Waals surface area (Å²) in [5, 5.41) is 3.01. The molecule has 1 amide bonds. The predicted molar refractivity (Wildman–Crippen MR) is 110 cm³/mol. The van der Waals surface area contributed by atoms with Crippen molar-refractivity contribution in [3.8, 4) is 0 Å². The maximum Gasteiger partial charge on any atom is 0.243 e. The van der Waals surface area contributed by atoms with E-state index in [-0.39, 0.29) is 23.3 Å². The summed E-state index contributed by atoms with van der Waals surface area (Å²) in [4.78, 5) is 12.8. The number of amides is 1. The molecule has 1 aliphatic carbocycles. The Morgan fingerprint density at radius 2 is 1.96 bits per heavy atom. The smallest absolute Gasteiger partial charge is 0.243 e. The quantitative estimate of drug-likeness (QED) is 0.663. The number of hydrogen-bond acceptors (Lipinski definition) is 3. The second-order valence-corrected chi connectivity index (χ2v) is 10.2. The van der Waals surface area contributed by atoms with Crippen LogP contribution < -0.4 is 5.32 Å². The van der Waals surface area contributed by atoms with E-state index in [4.69, 9.17) is 0 Å². The first-order chi connectivity index (χ1) is 13.0. The molecule has 0 bridgehead atoms. The van der Waals surface area contributed by atoms with Crippen LogP contribution in [0.15, 0.2) is 45.3 Å². The third kappa shape index (κ3) is 5.42. The van der Waals surface area contributed by atoms with Crippen LogP contribution in [0.3, 0.4) is 0 Å². The van der Waals surface area contributed by atoms with Gasteiger partial charge in [0, 0.05) is 24.1 Å². The molecule has 1 N–H and O–H groups in total. The van der Waals surface area contributed by atoms with Gasteiger partial charge < -0.3 is 5.32 Å². The number of hydrogen-bond donors (Lipinski definition) is 1. The van der Waals surface area contributed by atoms with E-state index in [2.05, 4.69) is 27.3 Å². The van der Waals surface area contributed by atoms with Crippen molar-refractivity contribution in [2.75, 3.05) is 19.6 Å². The summed E-state index contributed by atoms with van der Waals surface area (Å²) in [6.07, 6.45) is 9.43. The topological polar surface area (TPSA) is 66.5 Å². The molecule has 1 heterocycles. The summed E-state index contributed by atoms with van der Waals surface area (Å²) in [5.74, 6) is -0.300. The Kier molecular flexibility index (Phi) is 7.11. The largest absolute Gasteiger partial charge is 0.356 e. The van der Waals surface area contributed by atoms with E-state index in [0.717, 1.165) is 30.2 Å². The fraction of sp³-hybridized carbons (Fsp3) is 0.550. The number of nitrogens with one attached hydrogen (secondary N) is 1. The Morgan fingerprint density at radius 3 is 2.67 bits per heavy atom. The predicted octanol–water partition coefficient (Wildman–Crippen LogP) is 3.86. The molecule has 0 saturated carbocycles. The first kappa shape index (κ1) is 20.6. The van der Waals surface area contributed by atoms with E-state index >= 15 is 0 Å². The fourth-order valence-electron chi connectivity index (χ4n) is 3.75. The Morgan fingerprint density at radius 1 is 1.19 bits per heavy atom. The summed E-state index contributed by atoms with van der Waals surface area (Å²) in [6, 6.07) is 6.64. The van der Waals surface area contributed by atoms with Crippen LogP contribution in [0.4, 0.5) is 0 Å². The first-order valence-electron chi connectivity index (χ1n) is 9.68. The second kappa shape index (κ2) is 9.34. The molecular weight excluding hydrogens is 428 g/mol. The molecule has 0 unspecified atom stereocenters. The average molecular weight is 455 g/mol. The second-order valence-electron chi connectivity index (χ2n) is 7.31. The monoisotopic (exact) mass is 454 g/mol. The summed E-state index contributed by atoms with van der Waals surface area (Å²) in [6.45, 7) is 1.36. The van der Waals surface area contributed by atoms with Crippen molar-refractivity contribution in [3.63, 3.8) is 0 Å². The zero-order valence-corrected chi connectivity index (χ0v) is 17.9. The molecule has 7 heteroatoms. The van der Waals surface area contributed by atoms with Gasteiger partial charge in [0.05, 0.1) is 10.8 Å². The maximum absolute atomic E-state index is 12.9. The number of carbonyl (C=O) groups excluding carboxylic acids is 1. The van der Waals surface area contributed by atoms with Crippen molar-refractivity contribution in [1.82, 2.24) is 9.62 Å². The summed E-state index contributed by atoms with van der Waals surface area (Å²) >= 11 is 3.32. The number of allylic oxidation sites excluding steroid dienone is 1. The minimum Gasteiger partial charge on any atom is -0.356 e. The molecule has 0 radical (unpaired) electrons. The SMILES string of the molecule is O=C(NCCC1=CCCCC1)[C@@H]1CCCN(S(=O)(=O)c2ccc(Br)cc2)C1. The molecule has 2 aliphatic rings. The Bertz CT molecular complexity index is 790. The summed E-state index contributed by atoms with van der Waals surface area (Å²) in [5.41, 5.74) is 1.43. The van der Waals surface area contributed by atoms with Crippen LogP contribution in [0.2, 0.25) is 0 Å². The molecule has 1 atom stereocenters. The van der Waals surface area contributed by atoms with E-state index in [0.29, 0.717) is 19.5 Å². The van der Waals surface area contributed by atoms with E-state index in [1.165, 1.54) is 22.7 Å². The van der Waals surface area contributed by atoms with Crippen molar-refractivity contribution in [1.29, 1.82) is 0 Å². The molecule has 3 rings (SSSR count). The number of piperidine rings is 1. The number of benzene rings is 1. The van der Waals surface area contributed by atoms with Crippen LogP contribution in [0.5, 0.6) is 0 Å². The number of carbonyl (C=O) groups is 1. The summed E-state index contributed by atoms with van der Waals surface area (Å²) in [7, 11) is -3.56. The maximum atomic E-state index is 12.9. The van der Waals surface area contributed by atoms with Crippen LogP contribution in [0, 0.1) is 5.92 Å². The van der Waals surface area contributed by atoms with Gasteiger partial charge in [0.1, 0.15) is 0 Å². The Balaban J connectivity index is 1.55. The lowest BCUT2D eigenvalue weighted by Crippen LogP contribution is -2.45. The Hall–Kier alpha value is -1.18. The van der Waals surface area contributed by atoms with Gasteiger partial charge in [-0.15, -0.1) is 0 Å². The van der Waals surface area contributed by atoms with Gasteiger partial charge in [-0.25, -0.2) is 8.42 Å². The van der Waals surface area contributed by atoms with Crippen molar-refractivity contribution < 1.29 is 13.2 Å². The van der Waals surface area contributed by atoms with E-state index in [9.17, 15) is 13.2 Å². The molecule has 0 aromatic heterocycles. The van der Waals surface area contributed by atoms with Gasteiger partial charge in [-0.05, 0) is 69.2 Å². The highest BCUT2D eigenvalue weighted by atomic mass is 79.9. The van der Waals surface area contributed by atoms with Gasteiger partial charge in [0.25, 0.3) is 0 Å². The molecule has 1 aromatic carbocycles. The molecule has 5 nitrogen and oxygen atoms in total. The Labute approximate surface area is 170 Å². The molecule has 1 fully saturated rings. The molecular formula is C20H27BrN2O3S. The molecule has 148 valence electrons. The third-order valence-electron chi connectivity index (χ3n) is 5.34. The van der Waals surface area contributed by atoms with Crippen LogP contribution in [0.1, 0.15) is 44.9 Å². The number of rotatable bonds is 6. The molecule has 0 spiro atoms. The third-order valence-corrected chi connectivity index (χ3v) is 7.74. The lowest BCUT2D eigenvalue weighted by molar-refractivity contribution is -0.126. The van der Waals surface area contributed by atoms with Gasteiger partial charge in [0.15, 0.2) is 0 Å². The van der Waals surface area contributed by atoms with Crippen molar-refractivity contribution in [3.05, 3.63) is 40.4 Å².